The molecule has 3 rings (SSSR count). The summed E-state index contributed by atoms with van der Waals surface area (Å²) in [5.41, 5.74) is 0.688. The van der Waals surface area contributed by atoms with Gasteiger partial charge in [0.1, 0.15) is 0 Å². The van der Waals surface area contributed by atoms with Crippen LogP contribution in [0.2, 0.25) is 0 Å². The van der Waals surface area contributed by atoms with Gasteiger partial charge in [-0.25, -0.2) is 0 Å². The van der Waals surface area contributed by atoms with Crippen molar-refractivity contribution in [2.75, 3.05) is 54.5 Å². The summed E-state index contributed by atoms with van der Waals surface area (Å²) in [6.07, 6.45) is 8.93. The van der Waals surface area contributed by atoms with Crippen molar-refractivity contribution in [1.82, 2.24) is 9.80 Å². The van der Waals surface area contributed by atoms with Crippen molar-refractivity contribution in [3.05, 3.63) is 0 Å². The number of ether oxygens (including phenoxy) is 2. The molecule has 0 radical (unpaired) electrons. The average molecular weight is 389 g/mol. The van der Waals surface area contributed by atoms with E-state index >= 15 is 0 Å². The maximum atomic E-state index is 5.33. The van der Waals surface area contributed by atoms with Crippen molar-refractivity contribution in [3.8, 4) is 0 Å². The number of hydrogen-bond acceptors (Lipinski definition) is 4. The number of piperidine rings is 2. The van der Waals surface area contributed by atoms with Crippen molar-refractivity contribution in [3.63, 3.8) is 0 Å². The highest BCUT2D eigenvalue weighted by atomic mass is 16.5. The Hall–Kier alpha value is -0.160. The quantitative estimate of drug-likeness (QED) is 0.640. The standard InChI is InChI=1S/C10H19NO.C7H15NO.3C2H6/c1-11-5-3-10(4-6-11)7-9(8-10)12-2;1-8-5-3-7(9-2)4-6-8;3*1-2/h9H,3-8H2,1-2H3;7H,3-6H2,1-2H3;3*1-2H3. The fourth-order valence-electron chi connectivity index (χ4n) is 3.79. The Morgan fingerprint density at radius 1 is 0.630 bits per heavy atom. The SMILES string of the molecule is CC.CC.CC.COC1CC2(CCN(C)CC2)C1.COC1CCN(C)CC1. The molecule has 3 fully saturated rings. The summed E-state index contributed by atoms with van der Waals surface area (Å²) in [6.45, 7) is 17.0. The van der Waals surface area contributed by atoms with Gasteiger partial charge in [-0.05, 0) is 71.1 Å². The molecule has 0 unspecified atom stereocenters. The van der Waals surface area contributed by atoms with E-state index < -0.39 is 0 Å². The number of nitrogens with zero attached hydrogens (tertiary/aromatic N) is 2. The first-order chi connectivity index (χ1) is 13.1. The van der Waals surface area contributed by atoms with Crippen LogP contribution in [0.4, 0.5) is 0 Å². The Kier molecular flexibility index (Phi) is 19.3. The van der Waals surface area contributed by atoms with Gasteiger partial charge in [0.2, 0.25) is 0 Å². The molecule has 0 aromatic rings. The average Bonchev–Trinajstić information content (AvgIpc) is 2.73. The molecule has 0 bridgehead atoms. The third-order valence-electron chi connectivity index (χ3n) is 5.70. The minimum absolute atomic E-state index is 0.529. The van der Waals surface area contributed by atoms with Crippen LogP contribution in [0.15, 0.2) is 0 Å². The second-order valence-electron chi connectivity index (χ2n) is 7.31. The molecule has 4 heteroatoms. The van der Waals surface area contributed by atoms with E-state index in [1.54, 1.807) is 7.11 Å². The molecule has 4 nitrogen and oxygen atoms in total. The summed E-state index contributed by atoms with van der Waals surface area (Å²) in [4.78, 5) is 4.78. The highest BCUT2D eigenvalue weighted by Crippen LogP contribution is 2.49. The van der Waals surface area contributed by atoms with Crippen molar-refractivity contribution >= 4 is 0 Å². The first-order valence-electron chi connectivity index (χ1n) is 11.5. The second-order valence-corrected chi connectivity index (χ2v) is 7.31. The van der Waals surface area contributed by atoms with Crippen LogP contribution in [0.1, 0.15) is 80.1 Å². The predicted molar refractivity (Wildman–Crippen MR) is 121 cm³/mol. The van der Waals surface area contributed by atoms with Crippen LogP contribution in [-0.4, -0.2) is 76.5 Å². The Labute approximate surface area is 172 Å². The van der Waals surface area contributed by atoms with E-state index in [1.165, 1.54) is 64.7 Å². The fraction of sp³-hybridized carbons (Fsp3) is 1.00. The van der Waals surface area contributed by atoms with Gasteiger partial charge in [0, 0.05) is 27.3 Å². The molecule has 0 aromatic heterocycles. The summed E-state index contributed by atoms with van der Waals surface area (Å²) in [7, 11) is 8.02. The van der Waals surface area contributed by atoms with Crippen LogP contribution in [-0.2, 0) is 9.47 Å². The summed E-state index contributed by atoms with van der Waals surface area (Å²) < 4.78 is 10.5. The largest absolute Gasteiger partial charge is 0.381 e. The van der Waals surface area contributed by atoms with E-state index in [2.05, 4.69) is 23.9 Å². The Morgan fingerprint density at radius 2 is 1.00 bits per heavy atom. The van der Waals surface area contributed by atoms with Crippen molar-refractivity contribution in [1.29, 1.82) is 0 Å². The lowest BCUT2D eigenvalue weighted by Crippen LogP contribution is -2.48. The molecule has 1 aliphatic carbocycles. The summed E-state index contributed by atoms with van der Waals surface area (Å²) in [5.74, 6) is 0. The van der Waals surface area contributed by atoms with E-state index in [9.17, 15) is 0 Å². The van der Waals surface area contributed by atoms with Crippen LogP contribution in [0.25, 0.3) is 0 Å². The minimum Gasteiger partial charge on any atom is -0.381 e. The molecule has 2 aliphatic heterocycles. The number of likely N-dealkylation sites (tertiary alicyclic amines) is 2. The van der Waals surface area contributed by atoms with Gasteiger partial charge in [0.15, 0.2) is 0 Å². The highest BCUT2D eigenvalue weighted by molar-refractivity contribution is 4.97. The number of methoxy groups -OCH3 is 2. The van der Waals surface area contributed by atoms with E-state index in [0.717, 1.165) is 0 Å². The van der Waals surface area contributed by atoms with E-state index in [4.69, 9.17) is 9.47 Å². The maximum Gasteiger partial charge on any atom is 0.0595 e. The molecule has 1 saturated carbocycles. The van der Waals surface area contributed by atoms with Gasteiger partial charge in [-0.2, -0.15) is 0 Å². The van der Waals surface area contributed by atoms with Crippen LogP contribution < -0.4 is 0 Å². The zero-order valence-electron chi connectivity index (χ0n) is 20.4. The molecule has 2 heterocycles. The van der Waals surface area contributed by atoms with Gasteiger partial charge in [0.05, 0.1) is 12.2 Å². The summed E-state index contributed by atoms with van der Waals surface area (Å²) >= 11 is 0. The molecule has 0 atom stereocenters. The highest BCUT2D eigenvalue weighted by Gasteiger charge is 2.45. The maximum absolute atomic E-state index is 5.33. The Morgan fingerprint density at radius 3 is 1.37 bits per heavy atom. The first-order valence-corrected chi connectivity index (χ1v) is 11.5. The van der Waals surface area contributed by atoms with Crippen LogP contribution in [0.3, 0.4) is 0 Å². The molecule has 3 aliphatic rings. The van der Waals surface area contributed by atoms with Gasteiger partial charge in [-0.1, -0.05) is 41.5 Å². The van der Waals surface area contributed by atoms with E-state index in [0.29, 0.717) is 17.6 Å². The molecule has 2 saturated heterocycles. The van der Waals surface area contributed by atoms with Gasteiger partial charge >= 0.3 is 0 Å². The van der Waals surface area contributed by atoms with Crippen molar-refractivity contribution in [2.24, 2.45) is 5.41 Å². The van der Waals surface area contributed by atoms with Crippen molar-refractivity contribution in [2.45, 2.75) is 92.3 Å². The Bertz CT molecular complexity index is 281. The van der Waals surface area contributed by atoms with Gasteiger partial charge in [-0.15, -0.1) is 0 Å². The molecule has 0 aromatic carbocycles. The first kappa shape index (κ1) is 29.0. The smallest absolute Gasteiger partial charge is 0.0595 e. The lowest BCUT2D eigenvalue weighted by molar-refractivity contribution is -0.0852. The number of rotatable bonds is 2. The topological polar surface area (TPSA) is 24.9 Å². The van der Waals surface area contributed by atoms with E-state index in [-0.39, 0.29) is 0 Å². The molecule has 27 heavy (non-hydrogen) atoms. The van der Waals surface area contributed by atoms with E-state index in [1.807, 2.05) is 48.7 Å². The van der Waals surface area contributed by atoms with Crippen LogP contribution >= 0.6 is 0 Å². The summed E-state index contributed by atoms with van der Waals surface area (Å²) in [5, 5.41) is 0. The molecule has 166 valence electrons. The third kappa shape index (κ3) is 11.4. The summed E-state index contributed by atoms with van der Waals surface area (Å²) in [6, 6.07) is 0. The minimum atomic E-state index is 0.529. The zero-order chi connectivity index (χ0) is 21.3. The molecule has 0 N–H and O–H groups in total. The predicted octanol–water partition coefficient (Wildman–Crippen LogP) is 5.31. The molecular formula is C23H52N2O2. The lowest BCUT2D eigenvalue weighted by atomic mass is 9.61. The van der Waals surface area contributed by atoms with Gasteiger partial charge in [-0.3, -0.25) is 0 Å². The Balaban J connectivity index is 0. The van der Waals surface area contributed by atoms with Crippen LogP contribution in [0.5, 0.6) is 0 Å². The van der Waals surface area contributed by atoms with Gasteiger partial charge < -0.3 is 19.3 Å². The lowest BCUT2D eigenvalue weighted by Gasteiger charge is -2.51. The normalized spacial score (nSPS) is 22.4. The van der Waals surface area contributed by atoms with Crippen molar-refractivity contribution < 1.29 is 9.47 Å². The molecule has 0 amide bonds. The zero-order valence-corrected chi connectivity index (χ0v) is 20.4. The second kappa shape index (κ2) is 17.9. The fourth-order valence-corrected chi connectivity index (χ4v) is 3.79. The monoisotopic (exact) mass is 388 g/mol. The molecular weight excluding hydrogens is 336 g/mol. The molecule has 1 spiro atoms. The van der Waals surface area contributed by atoms with Gasteiger partial charge in [0.25, 0.3) is 0 Å². The van der Waals surface area contributed by atoms with Crippen LogP contribution in [0, 0.1) is 5.41 Å². The number of hydrogen-bond donors (Lipinski definition) is 0. The third-order valence-corrected chi connectivity index (χ3v) is 5.70.